The van der Waals surface area contributed by atoms with Crippen LogP contribution < -0.4 is 9.47 Å². The van der Waals surface area contributed by atoms with Crippen LogP contribution in [-0.2, 0) is 57.1 Å². The van der Waals surface area contributed by atoms with Gasteiger partial charge < -0.3 is 47.7 Å². The Kier molecular flexibility index (Phi) is 14.6. The van der Waals surface area contributed by atoms with E-state index in [1.165, 1.54) is 26.0 Å². The van der Waals surface area contributed by atoms with Gasteiger partial charge in [0.2, 0.25) is 12.0 Å². The first-order chi connectivity index (χ1) is 37.4. The molecule has 1 unspecified atom stereocenters. The number of ether oxygens (including phenoxy) is 9. The maximum atomic E-state index is 16.7. The molecular weight excluding hydrogens is 1000 g/mol. The summed E-state index contributed by atoms with van der Waals surface area (Å²) in [6.07, 6.45) is -10.1. The first-order valence-electron chi connectivity index (χ1n) is 25.8. The lowest BCUT2D eigenvalue weighted by Crippen LogP contribution is -2.82. The highest BCUT2D eigenvalue weighted by Gasteiger charge is 2.79. The molecule has 2 aliphatic heterocycles. The van der Waals surface area contributed by atoms with Crippen LogP contribution in [0.5, 0.6) is 11.5 Å². The van der Waals surface area contributed by atoms with Crippen LogP contribution in [0.4, 0.5) is 0 Å². The van der Waals surface area contributed by atoms with Crippen LogP contribution in [0.15, 0.2) is 168 Å². The van der Waals surface area contributed by atoms with Crippen molar-refractivity contribution in [2.45, 2.75) is 101 Å². The van der Waals surface area contributed by atoms with Crippen molar-refractivity contribution in [3.05, 3.63) is 179 Å². The molecule has 17 nitrogen and oxygen atoms in total. The molecule has 1 saturated heterocycles. The Balaban J connectivity index is 1.14. The molecule has 2 saturated carbocycles. The molecule has 1 N–H and O–H groups in total. The van der Waals surface area contributed by atoms with E-state index in [1.807, 2.05) is 24.3 Å². The Morgan fingerprint density at radius 2 is 1.26 bits per heavy atom. The van der Waals surface area contributed by atoms with E-state index in [4.69, 9.17) is 47.6 Å². The highest BCUT2D eigenvalue weighted by Crippen LogP contribution is 2.65. The molecule has 10 rings (SSSR count). The van der Waals surface area contributed by atoms with Gasteiger partial charge in [-0.25, -0.2) is 24.2 Å². The van der Waals surface area contributed by atoms with Gasteiger partial charge >= 0.3 is 29.8 Å². The van der Waals surface area contributed by atoms with Crippen LogP contribution >= 0.6 is 0 Å². The van der Waals surface area contributed by atoms with Crippen LogP contribution in [0.1, 0.15) is 75.0 Å². The van der Waals surface area contributed by atoms with Crippen LogP contribution in [0.2, 0.25) is 0 Å². The number of hydrogen-bond acceptors (Lipinski definition) is 17. The van der Waals surface area contributed by atoms with Crippen molar-refractivity contribution in [1.82, 2.24) is 0 Å². The zero-order valence-corrected chi connectivity index (χ0v) is 43.6. The summed E-state index contributed by atoms with van der Waals surface area (Å²) < 4.78 is 56.4. The van der Waals surface area contributed by atoms with Crippen molar-refractivity contribution in [2.75, 3.05) is 19.8 Å². The van der Waals surface area contributed by atoms with Crippen molar-refractivity contribution < 1.29 is 76.5 Å². The van der Waals surface area contributed by atoms with E-state index in [9.17, 15) is 24.3 Å². The van der Waals surface area contributed by atoms with Gasteiger partial charge in [0.15, 0.2) is 30.7 Å². The average molecular weight is 1060 g/mol. The highest BCUT2D eigenvalue weighted by atomic mass is 16.6. The first-order valence-corrected chi connectivity index (χ1v) is 25.8. The van der Waals surface area contributed by atoms with Crippen LogP contribution in [0.25, 0.3) is 0 Å². The van der Waals surface area contributed by atoms with Crippen LogP contribution in [-0.4, -0.2) is 114 Å². The molecule has 5 aromatic rings. The molecule has 0 spiro atoms. The molecular formula is C61H59NO16. The molecule has 17 heteroatoms. The third kappa shape index (κ3) is 9.69. The number of hydrogen-bond donors (Lipinski definition) is 1. The van der Waals surface area contributed by atoms with Gasteiger partial charge in [-0.2, -0.15) is 0 Å². The molecule has 0 radical (unpaired) electrons. The third-order valence-corrected chi connectivity index (χ3v) is 16.0. The second kappa shape index (κ2) is 21.3. The Bertz CT molecular complexity index is 3130. The predicted octanol–water partition coefficient (Wildman–Crippen LogP) is 7.48. The smallest absolute Gasteiger partial charge is 0.350 e. The number of nitrogens with zero attached hydrogens (tertiary/aromatic N) is 1. The number of rotatable bonds is 15. The summed E-state index contributed by atoms with van der Waals surface area (Å²) in [7, 11) is 0. The number of para-hydroxylation sites is 2. The lowest BCUT2D eigenvalue weighted by Gasteiger charge is -2.67. The van der Waals surface area contributed by atoms with E-state index >= 15 is 9.59 Å². The van der Waals surface area contributed by atoms with Gasteiger partial charge in [-0.05, 0) is 79.1 Å². The molecule has 2 heterocycles. The minimum atomic E-state index is -2.45. The summed E-state index contributed by atoms with van der Waals surface area (Å²) in [5, 5.41) is 14.3. The summed E-state index contributed by atoms with van der Waals surface area (Å²) in [6, 6.07) is 42.1. The van der Waals surface area contributed by atoms with Gasteiger partial charge in [-0.15, -0.1) is 0 Å². The van der Waals surface area contributed by atoms with Gasteiger partial charge in [0.1, 0.15) is 47.6 Å². The number of aliphatic hydroxyl groups is 1. The zero-order chi connectivity index (χ0) is 55.0. The maximum Gasteiger partial charge on any atom is 0.350 e. The van der Waals surface area contributed by atoms with Gasteiger partial charge in [0.25, 0.3) is 0 Å². The molecule has 11 atom stereocenters. The Hall–Kier alpha value is -8.15. The van der Waals surface area contributed by atoms with Crippen molar-refractivity contribution in [1.29, 1.82) is 0 Å². The maximum absolute atomic E-state index is 16.7. The number of carbonyl (C=O) groups excluding carboxylic acids is 6. The van der Waals surface area contributed by atoms with Crippen molar-refractivity contribution >= 4 is 41.5 Å². The largest absolute Gasteiger partial charge is 0.482 e. The minimum absolute atomic E-state index is 0.00766. The number of benzene rings is 5. The quantitative estimate of drug-likeness (QED) is 0.0610. The van der Waals surface area contributed by atoms with E-state index in [1.54, 1.807) is 136 Å². The molecule has 2 bridgehead atoms. The van der Waals surface area contributed by atoms with Crippen molar-refractivity contribution in [3.63, 3.8) is 0 Å². The highest BCUT2D eigenvalue weighted by molar-refractivity contribution is 5.98. The predicted molar refractivity (Wildman–Crippen MR) is 278 cm³/mol. The summed E-state index contributed by atoms with van der Waals surface area (Å²) in [6.45, 7) is 5.76. The molecule has 5 aromatic carbocycles. The normalized spacial score (nSPS) is 29.5. The number of aliphatic imine (C=N–C) groups is 1. The summed E-state index contributed by atoms with van der Waals surface area (Å²) in [4.78, 5) is 93.5. The first kappa shape index (κ1) is 53.3. The molecule has 78 heavy (non-hydrogen) atoms. The Morgan fingerprint density at radius 1 is 0.705 bits per heavy atom. The fraction of sp³-hybridized carbons (Fsp3) is 0.361. The summed E-state index contributed by atoms with van der Waals surface area (Å²) in [5.74, 6) is -6.25. The van der Waals surface area contributed by atoms with E-state index in [0.29, 0.717) is 22.6 Å². The molecule has 3 aliphatic carbocycles. The van der Waals surface area contributed by atoms with Gasteiger partial charge in [-0.3, -0.25) is 9.59 Å². The standard InChI is InChI=1S/C61H59NO16/c1-36-43(73-57(68)51-49(38-21-11-6-12-22-38)62-55(76-51)39-23-13-7-14-24-39)32-61(69)54(77-56(67)40-25-15-8-16-26-40)52-59(5,53(66)50(48(36)58(61,3)4)75-47(65)34-71-42-29-19-10-20-30-42)44(31-45-60(52,35-72-45)78-37(2)63)74-46(64)33-70-41-27-17-9-18-28-41/h6-30,43-45,49-52,54,69H,31-35H2,1-5H3/t43-,44-,45+,49-,50+,51+,52?,54-,59+,60-,61+/m0/s1. The van der Waals surface area contributed by atoms with E-state index in [-0.39, 0.29) is 35.6 Å². The molecule has 0 aromatic heterocycles. The fourth-order valence-corrected chi connectivity index (χ4v) is 12.1. The lowest BCUT2D eigenvalue weighted by atomic mass is 9.44. The number of carbonyl (C=O) groups is 6. The summed E-state index contributed by atoms with van der Waals surface area (Å²) >= 11 is 0. The number of Topliss-reactive ketones (excluding diaryl/α,β-unsaturated/α-hetero) is 1. The topological polar surface area (TPSA) is 218 Å². The SMILES string of the molecule is CC(=O)O[C@@]12CO[C@@H]1C[C@H](OC(=O)COc1ccccc1)[C@@]1(C)C(=O)[C@H](OC(=O)COc3ccccc3)C3=C(C)[C@@H](OC(=O)[C@@H]4OC(c5ccccc5)=N[C@H]4c4ccccc4)C[C@@](O)([C@@H](OC(=O)c4ccccc4)C12)C3(C)C. The van der Waals surface area contributed by atoms with E-state index in [2.05, 4.69) is 0 Å². The van der Waals surface area contributed by atoms with E-state index < -0.39 is 126 Å². The zero-order valence-electron chi connectivity index (χ0n) is 43.6. The second-order valence-corrected chi connectivity index (χ2v) is 20.9. The molecule has 404 valence electrons. The number of esters is 5. The third-order valence-electron chi connectivity index (χ3n) is 16.0. The molecule has 0 amide bonds. The van der Waals surface area contributed by atoms with Gasteiger partial charge in [0, 0.05) is 30.7 Å². The number of fused-ring (bicyclic) bond motifs is 5. The van der Waals surface area contributed by atoms with E-state index in [0.717, 1.165) is 0 Å². The fourth-order valence-electron chi connectivity index (χ4n) is 12.1. The Morgan fingerprint density at radius 3 is 1.82 bits per heavy atom. The lowest BCUT2D eigenvalue weighted by molar-refractivity contribution is -0.346. The molecule has 3 fully saturated rings. The second-order valence-electron chi connectivity index (χ2n) is 20.9. The van der Waals surface area contributed by atoms with Gasteiger partial charge in [0.05, 0.1) is 23.5 Å². The Labute approximate surface area is 450 Å². The van der Waals surface area contributed by atoms with Gasteiger partial charge in [-0.1, -0.05) is 117 Å². The summed E-state index contributed by atoms with van der Waals surface area (Å²) in [5.41, 5.74) is -6.75. The number of ketones is 1. The monoisotopic (exact) mass is 1060 g/mol. The average Bonchev–Trinajstić information content (AvgIpc) is 2.15. The van der Waals surface area contributed by atoms with Crippen molar-refractivity contribution in [3.8, 4) is 11.5 Å². The minimum Gasteiger partial charge on any atom is -0.482 e. The van der Waals surface area contributed by atoms with Crippen LogP contribution in [0, 0.1) is 16.7 Å². The molecule has 5 aliphatic rings. The van der Waals surface area contributed by atoms with Crippen LogP contribution in [0.3, 0.4) is 0 Å². The van der Waals surface area contributed by atoms with Crippen molar-refractivity contribution in [2.24, 2.45) is 21.7 Å².